The first kappa shape index (κ1) is 13.3. The highest BCUT2D eigenvalue weighted by Crippen LogP contribution is 2.15. The Hall–Kier alpha value is -1.72. The summed E-state index contributed by atoms with van der Waals surface area (Å²) in [5.41, 5.74) is -0.534. The minimum atomic E-state index is -2.98. The molecule has 0 saturated heterocycles. The predicted molar refractivity (Wildman–Crippen MR) is 57.8 cm³/mol. The van der Waals surface area contributed by atoms with E-state index in [9.17, 15) is 18.4 Å². The van der Waals surface area contributed by atoms with E-state index in [2.05, 4.69) is 0 Å². The first-order chi connectivity index (χ1) is 7.70. The first-order valence-corrected chi connectivity index (χ1v) is 4.93. The summed E-state index contributed by atoms with van der Waals surface area (Å²) in [6.07, 6.45) is 1.27. The van der Waals surface area contributed by atoms with Crippen LogP contribution in [-0.2, 0) is 7.05 Å². The number of carbonyl (C=O) groups excluding carboxylic acids is 1. The van der Waals surface area contributed by atoms with Crippen LogP contribution in [0, 0.1) is 0 Å². The van der Waals surface area contributed by atoms with E-state index in [4.69, 9.17) is 4.74 Å². The zero-order valence-corrected chi connectivity index (χ0v) is 9.79. The van der Waals surface area contributed by atoms with Crippen molar-refractivity contribution in [3.05, 3.63) is 28.0 Å². The number of carbonyl (C=O) groups is 1. The number of ether oxygens (including phenoxy) is 1. The molecule has 0 bridgehead atoms. The second-order valence-electron chi connectivity index (χ2n) is 3.92. The lowest BCUT2D eigenvalue weighted by atomic mass is 10.2. The van der Waals surface area contributed by atoms with Gasteiger partial charge in [-0.2, -0.15) is 0 Å². The molecule has 0 N–H and O–H groups in total. The van der Waals surface area contributed by atoms with Gasteiger partial charge < -0.3 is 9.30 Å². The van der Waals surface area contributed by atoms with Gasteiger partial charge in [0.25, 0.3) is 5.92 Å². The Bertz CT molecular complexity index is 488. The molecule has 0 spiro atoms. The molecular formula is C11H13F2NO3. The fourth-order valence-corrected chi connectivity index (χ4v) is 1.22. The first-order valence-electron chi connectivity index (χ1n) is 4.93. The van der Waals surface area contributed by atoms with Crippen molar-refractivity contribution >= 4 is 5.78 Å². The minimum Gasteiger partial charge on any atom is -0.472 e. The molecule has 0 fully saturated rings. The van der Waals surface area contributed by atoms with Crippen molar-refractivity contribution in [3.8, 4) is 5.88 Å². The molecule has 0 atom stereocenters. The van der Waals surface area contributed by atoms with Gasteiger partial charge in [-0.1, -0.05) is 0 Å². The monoisotopic (exact) mass is 245 g/mol. The lowest BCUT2D eigenvalue weighted by Crippen LogP contribution is -2.24. The van der Waals surface area contributed by atoms with Crippen molar-refractivity contribution in [2.75, 3.05) is 6.61 Å². The van der Waals surface area contributed by atoms with Gasteiger partial charge in [0.05, 0.1) is 5.56 Å². The Kier molecular flexibility index (Phi) is 3.65. The molecule has 0 aliphatic carbocycles. The summed E-state index contributed by atoms with van der Waals surface area (Å²) in [4.78, 5) is 22.5. The molecule has 4 nitrogen and oxygen atoms in total. The van der Waals surface area contributed by atoms with E-state index in [1.54, 1.807) is 0 Å². The van der Waals surface area contributed by atoms with Crippen molar-refractivity contribution in [2.45, 2.75) is 19.8 Å². The third kappa shape index (κ3) is 3.65. The Morgan fingerprint density at radius 2 is 2.12 bits per heavy atom. The van der Waals surface area contributed by atoms with Crippen LogP contribution >= 0.6 is 0 Å². The van der Waals surface area contributed by atoms with Crippen LogP contribution in [0.15, 0.2) is 17.1 Å². The van der Waals surface area contributed by atoms with Gasteiger partial charge in [0, 0.05) is 26.2 Å². The molecule has 6 heteroatoms. The third-order valence-corrected chi connectivity index (χ3v) is 2.04. The van der Waals surface area contributed by atoms with E-state index in [0.717, 1.165) is 13.0 Å². The normalized spacial score (nSPS) is 11.4. The molecule has 0 aliphatic rings. The van der Waals surface area contributed by atoms with E-state index in [1.807, 2.05) is 0 Å². The van der Waals surface area contributed by atoms with Gasteiger partial charge in [-0.3, -0.25) is 9.59 Å². The van der Waals surface area contributed by atoms with Gasteiger partial charge in [-0.15, -0.1) is 0 Å². The fourth-order valence-electron chi connectivity index (χ4n) is 1.22. The summed E-state index contributed by atoms with van der Waals surface area (Å²) in [5.74, 6) is -3.35. The fraction of sp³-hybridized carbons (Fsp3) is 0.455. The summed E-state index contributed by atoms with van der Waals surface area (Å²) < 4.78 is 31.3. The van der Waals surface area contributed by atoms with E-state index in [-0.39, 0.29) is 17.2 Å². The van der Waals surface area contributed by atoms with Crippen molar-refractivity contribution in [1.29, 1.82) is 0 Å². The van der Waals surface area contributed by atoms with Crippen molar-refractivity contribution in [3.63, 3.8) is 0 Å². The number of pyridine rings is 1. The van der Waals surface area contributed by atoms with E-state index in [1.165, 1.54) is 24.7 Å². The average molecular weight is 245 g/mol. The molecule has 1 heterocycles. The van der Waals surface area contributed by atoms with Gasteiger partial charge in [0.15, 0.2) is 23.7 Å². The molecular weight excluding hydrogens is 232 g/mol. The number of hydrogen-bond donors (Lipinski definition) is 0. The zero-order valence-electron chi connectivity index (χ0n) is 9.79. The molecule has 1 aromatic rings. The van der Waals surface area contributed by atoms with Crippen LogP contribution in [0.3, 0.4) is 0 Å². The van der Waals surface area contributed by atoms with Gasteiger partial charge >= 0.3 is 0 Å². The maximum Gasteiger partial charge on any atom is 0.278 e. The Morgan fingerprint density at radius 1 is 1.53 bits per heavy atom. The summed E-state index contributed by atoms with van der Waals surface area (Å²) in [6, 6.07) is 1.03. The number of halogens is 2. The van der Waals surface area contributed by atoms with Gasteiger partial charge in [0.1, 0.15) is 0 Å². The lowest BCUT2D eigenvalue weighted by molar-refractivity contribution is -0.0252. The molecule has 0 radical (unpaired) electrons. The Labute approximate surface area is 96.8 Å². The molecule has 17 heavy (non-hydrogen) atoms. The van der Waals surface area contributed by atoms with Crippen LogP contribution in [-0.4, -0.2) is 22.9 Å². The molecule has 94 valence electrons. The Morgan fingerprint density at radius 3 is 2.59 bits per heavy atom. The quantitative estimate of drug-likeness (QED) is 0.757. The highest BCUT2D eigenvalue weighted by atomic mass is 19.3. The number of aromatic nitrogens is 1. The molecule has 1 aromatic heterocycles. The highest BCUT2D eigenvalue weighted by molar-refractivity contribution is 5.93. The second kappa shape index (κ2) is 4.65. The number of hydrogen-bond acceptors (Lipinski definition) is 3. The molecule has 1 rings (SSSR count). The molecule has 0 amide bonds. The van der Waals surface area contributed by atoms with E-state index < -0.39 is 18.0 Å². The van der Waals surface area contributed by atoms with Gasteiger partial charge in [-0.05, 0) is 6.92 Å². The summed E-state index contributed by atoms with van der Waals surface area (Å²) >= 11 is 0. The van der Waals surface area contributed by atoms with Crippen LogP contribution in [0.4, 0.5) is 8.78 Å². The number of rotatable bonds is 4. The number of Topliss-reactive ketones (excluding diaryl/α,β-unsaturated/α-hetero) is 1. The molecule has 0 saturated carbocycles. The highest BCUT2D eigenvalue weighted by Gasteiger charge is 2.22. The maximum absolute atomic E-state index is 12.6. The number of ketones is 1. The van der Waals surface area contributed by atoms with Crippen LogP contribution in [0.1, 0.15) is 24.2 Å². The van der Waals surface area contributed by atoms with Crippen molar-refractivity contribution in [1.82, 2.24) is 4.57 Å². The predicted octanol–water partition coefficient (Wildman–Crippen LogP) is 1.62. The number of alkyl halides is 2. The topological polar surface area (TPSA) is 48.3 Å². The lowest BCUT2D eigenvalue weighted by Gasteiger charge is -2.14. The summed E-state index contributed by atoms with van der Waals surface area (Å²) in [6.45, 7) is 1.16. The third-order valence-electron chi connectivity index (χ3n) is 2.04. The van der Waals surface area contributed by atoms with Crippen LogP contribution in [0.2, 0.25) is 0 Å². The maximum atomic E-state index is 12.6. The van der Waals surface area contributed by atoms with Crippen LogP contribution in [0.25, 0.3) is 0 Å². The van der Waals surface area contributed by atoms with Gasteiger partial charge in [-0.25, -0.2) is 8.78 Å². The van der Waals surface area contributed by atoms with E-state index >= 15 is 0 Å². The van der Waals surface area contributed by atoms with Crippen molar-refractivity contribution < 1.29 is 18.3 Å². The second-order valence-corrected chi connectivity index (χ2v) is 3.92. The standard InChI is InChI=1S/C11H13F2NO3/c1-7(15)8-5-14(3)10(4-9(8)16)17-6-11(2,12)13/h4-5H,6H2,1-3H3. The Balaban J connectivity index is 3.00. The van der Waals surface area contributed by atoms with Gasteiger partial charge in [0.2, 0.25) is 0 Å². The average Bonchev–Trinajstić information content (AvgIpc) is 2.17. The zero-order chi connectivity index (χ0) is 13.2. The largest absolute Gasteiger partial charge is 0.472 e. The van der Waals surface area contributed by atoms with Crippen LogP contribution < -0.4 is 10.2 Å². The molecule has 0 aromatic carbocycles. The summed E-state index contributed by atoms with van der Waals surface area (Å²) in [7, 11) is 1.51. The molecule has 0 aliphatic heterocycles. The number of aryl methyl sites for hydroxylation is 1. The smallest absolute Gasteiger partial charge is 0.278 e. The van der Waals surface area contributed by atoms with Crippen molar-refractivity contribution in [2.24, 2.45) is 7.05 Å². The van der Waals surface area contributed by atoms with Crippen LogP contribution in [0.5, 0.6) is 5.88 Å². The molecule has 0 unspecified atom stereocenters. The SMILES string of the molecule is CC(=O)c1cn(C)c(OCC(C)(F)F)cc1=O. The minimum absolute atomic E-state index is 0.00141. The summed E-state index contributed by atoms with van der Waals surface area (Å²) in [5, 5.41) is 0. The number of nitrogens with zero attached hydrogens (tertiary/aromatic N) is 1. The van der Waals surface area contributed by atoms with E-state index in [0.29, 0.717) is 0 Å².